The first kappa shape index (κ1) is 18.5. The first-order valence-electron chi connectivity index (χ1n) is 10.0. The van der Waals surface area contributed by atoms with Crippen LogP contribution in [0.5, 0.6) is 0 Å². The summed E-state index contributed by atoms with van der Waals surface area (Å²) in [5.41, 5.74) is 5.51. The molecule has 0 spiro atoms. The third-order valence-electron chi connectivity index (χ3n) is 5.69. The van der Waals surface area contributed by atoms with Crippen LogP contribution in [0.15, 0.2) is 60.7 Å². The van der Waals surface area contributed by atoms with Gasteiger partial charge in [0.1, 0.15) is 0 Å². The molecule has 1 fully saturated rings. The fraction of sp³-hybridized carbons (Fsp3) is 0.333. The van der Waals surface area contributed by atoms with Gasteiger partial charge in [0.2, 0.25) is 0 Å². The van der Waals surface area contributed by atoms with Crippen LogP contribution in [0.1, 0.15) is 51.6 Å². The second-order valence-corrected chi connectivity index (χ2v) is 7.76. The van der Waals surface area contributed by atoms with Gasteiger partial charge in [0.05, 0.1) is 12.2 Å². The summed E-state index contributed by atoms with van der Waals surface area (Å²) in [4.78, 5) is 14.9. The number of nitrogens with zero attached hydrogens (tertiary/aromatic N) is 3. The van der Waals surface area contributed by atoms with Gasteiger partial charge in [-0.05, 0) is 61.9 Å². The third-order valence-corrected chi connectivity index (χ3v) is 5.69. The number of rotatable bonds is 4. The van der Waals surface area contributed by atoms with E-state index >= 15 is 0 Å². The van der Waals surface area contributed by atoms with E-state index in [0.29, 0.717) is 5.92 Å². The van der Waals surface area contributed by atoms with Gasteiger partial charge in [0, 0.05) is 24.3 Å². The van der Waals surface area contributed by atoms with Crippen LogP contribution in [0, 0.1) is 13.8 Å². The van der Waals surface area contributed by atoms with Gasteiger partial charge < -0.3 is 4.90 Å². The van der Waals surface area contributed by atoms with E-state index in [4.69, 9.17) is 0 Å². The molecule has 2 heterocycles. The average Bonchev–Trinajstić information content (AvgIpc) is 3.05. The van der Waals surface area contributed by atoms with Crippen LogP contribution in [0.3, 0.4) is 0 Å². The molecule has 3 aromatic rings. The van der Waals surface area contributed by atoms with Gasteiger partial charge >= 0.3 is 0 Å². The SMILES string of the molecule is Cc1cc(C)n(Cc2ccc(C(=O)N3CCC(c4ccccc4)CC3)cc2)n1. The number of hydrogen-bond donors (Lipinski definition) is 0. The van der Waals surface area contributed by atoms with Gasteiger partial charge in [-0.3, -0.25) is 9.48 Å². The number of piperidine rings is 1. The van der Waals surface area contributed by atoms with Crippen molar-refractivity contribution < 1.29 is 4.79 Å². The zero-order valence-corrected chi connectivity index (χ0v) is 16.6. The summed E-state index contributed by atoms with van der Waals surface area (Å²) < 4.78 is 2.00. The van der Waals surface area contributed by atoms with E-state index in [1.54, 1.807) is 0 Å². The average molecular weight is 374 g/mol. The van der Waals surface area contributed by atoms with Crippen LogP contribution < -0.4 is 0 Å². The first-order chi connectivity index (χ1) is 13.6. The predicted molar refractivity (Wildman–Crippen MR) is 112 cm³/mol. The van der Waals surface area contributed by atoms with Crippen molar-refractivity contribution in [2.45, 2.75) is 39.2 Å². The molecule has 144 valence electrons. The lowest BCUT2D eigenvalue weighted by atomic mass is 9.89. The Morgan fingerprint density at radius 3 is 2.29 bits per heavy atom. The first-order valence-corrected chi connectivity index (χ1v) is 10.0. The number of carbonyl (C=O) groups is 1. The molecule has 1 aliphatic heterocycles. The maximum absolute atomic E-state index is 12.9. The standard InChI is InChI=1S/C24H27N3O/c1-18-16-19(2)27(25-18)17-20-8-10-23(11-9-20)24(28)26-14-12-22(13-15-26)21-6-4-3-5-7-21/h3-11,16,22H,12-15,17H2,1-2H3. The Morgan fingerprint density at radius 1 is 1.00 bits per heavy atom. The number of benzene rings is 2. The molecule has 1 amide bonds. The van der Waals surface area contributed by atoms with Crippen LogP contribution in [0.25, 0.3) is 0 Å². The number of likely N-dealkylation sites (tertiary alicyclic amines) is 1. The highest BCUT2D eigenvalue weighted by molar-refractivity contribution is 5.94. The molecule has 0 radical (unpaired) electrons. The van der Waals surface area contributed by atoms with Gasteiger partial charge in [0.25, 0.3) is 5.91 Å². The fourth-order valence-corrected chi connectivity index (χ4v) is 4.08. The van der Waals surface area contributed by atoms with Crippen LogP contribution in [0.4, 0.5) is 0 Å². The Kier molecular flexibility index (Phi) is 5.29. The van der Waals surface area contributed by atoms with E-state index in [1.807, 2.05) is 40.8 Å². The van der Waals surface area contributed by atoms with E-state index in [1.165, 1.54) is 5.56 Å². The number of aryl methyl sites for hydroxylation is 2. The van der Waals surface area contributed by atoms with Crippen molar-refractivity contribution >= 4 is 5.91 Å². The minimum absolute atomic E-state index is 0.143. The number of hydrogen-bond acceptors (Lipinski definition) is 2. The lowest BCUT2D eigenvalue weighted by Crippen LogP contribution is -2.37. The van der Waals surface area contributed by atoms with Gasteiger partial charge in [-0.2, -0.15) is 5.10 Å². The highest BCUT2D eigenvalue weighted by Crippen LogP contribution is 2.28. The smallest absolute Gasteiger partial charge is 0.253 e. The fourth-order valence-electron chi connectivity index (χ4n) is 4.08. The Labute approximate surface area is 166 Å². The topological polar surface area (TPSA) is 38.1 Å². The van der Waals surface area contributed by atoms with Gasteiger partial charge in [-0.25, -0.2) is 0 Å². The van der Waals surface area contributed by atoms with Crippen molar-refractivity contribution in [1.29, 1.82) is 0 Å². The van der Waals surface area contributed by atoms with Crippen molar-refractivity contribution in [3.05, 3.63) is 88.7 Å². The van der Waals surface area contributed by atoms with E-state index in [0.717, 1.165) is 55.0 Å². The van der Waals surface area contributed by atoms with E-state index in [2.05, 4.69) is 48.4 Å². The molecule has 0 N–H and O–H groups in total. The van der Waals surface area contributed by atoms with Gasteiger partial charge in [0.15, 0.2) is 0 Å². The zero-order chi connectivity index (χ0) is 19.5. The zero-order valence-electron chi connectivity index (χ0n) is 16.6. The molecule has 0 bridgehead atoms. The minimum atomic E-state index is 0.143. The van der Waals surface area contributed by atoms with Crippen molar-refractivity contribution in [3.63, 3.8) is 0 Å². The Bertz CT molecular complexity index is 936. The molecule has 1 saturated heterocycles. The molecule has 1 aromatic heterocycles. The summed E-state index contributed by atoms with van der Waals surface area (Å²) in [5, 5.41) is 4.51. The molecule has 0 atom stereocenters. The largest absolute Gasteiger partial charge is 0.339 e. The highest BCUT2D eigenvalue weighted by Gasteiger charge is 2.24. The molecule has 28 heavy (non-hydrogen) atoms. The molecule has 1 aliphatic rings. The molecule has 4 nitrogen and oxygen atoms in total. The lowest BCUT2D eigenvalue weighted by Gasteiger charge is -2.32. The normalized spacial score (nSPS) is 15.0. The summed E-state index contributed by atoms with van der Waals surface area (Å²) in [6.45, 7) is 6.46. The van der Waals surface area contributed by atoms with Crippen LogP contribution >= 0.6 is 0 Å². The predicted octanol–water partition coefficient (Wildman–Crippen LogP) is 4.57. The highest BCUT2D eigenvalue weighted by atomic mass is 16.2. The second-order valence-electron chi connectivity index (χ2n) is 7.76. The summed E-state index contributed by atoms with van der Waals surface area (Å²) in [6, 6.07) is 20.7. The number of aromatic nitrogens is 2. The van der Waals surface area contributed by atoms with Crippen LogP contribution in [0.2, 0.25) is 0 Å². The maximum Gasteiger partial charge on any atom is 0.253 e. The Hall–Kier alpha value is -2.88. The summed E-state index contributed by atoms with van der Waals surface area (Å²) in [6.07, 6.45) is 2.07. The van der Waals surface area contributed by atoms with Crippen molar-refractivity contribution in [1.82, 2.24) is 14.7 Å². The monoisotopic (exact) mass is 373 g/mol. The van der Waals surface area contributed by atoms with E-state index in [9.17, 15) is 4.79 Å². The van der Waals surface area contributed by atoms with Gasteiger partial charge in [-0.15, -0.1) is 0 Å². The molecular weight excluding hydrogens is 346 g/mol. The van der Waals surface area contributed by atoms with Crippen molar-refractivity contribution in [2.24, 2.45) is 0 Å². The quantitative estimate of drug-likeness (QED) is 0.672. The molecule has 0 unspecified atom stereocenters. The third kappa shape index (κ3) is 4.01. The lowest BCUT2D eigenvalue weighted by molar-refractivity contribution is 0.0713. The van der Waals surface area contributed by atoms with Gasteiger partial charge in [-0.1, -0.05) is 42.5 Å². The minimum Gasteiger partial charge on any atom is -0.339 e. The number of amides is 1. The Balaban J connectivity index is 1.37. The molecule has 0 saturated carbocycles. The van der Waals surface area contributed by atoms with Crippen LogP contribution in [-0.2, 0) is 6.54 Å². The molecule has 4 rings (SSSR count). The van der Waals surface area contributed by atoms with Crippen LogP contribution in [-0.4, -0.2) is 33.7 Å². The summed E-state index contributed by atoms with van der Waals surface area (Å²) >= 11 is 0. The summed E-state index contributed by atoms with van der Waals surface area (Å²) in [7, 11) is 0. The van der Waals surface area contributed by atoms with E-state index in [-0.39, 0.29) is 5.91 Å². The molecule has 0 aliphatic carbocycles. The van der Waals surface area contributed by atoms with Crippen molar-refractivity contribution in [3.8, 4) is 0 Å². The van der Waals surface area contributed by atoms with E-state index < -0.39 is 0 Å². The second kappa shape index (κ2) is 8.01. The molecule has 2 aromatic carbocycles. The molecule has 4 heteroatoms. The maximum atomic E-state index is 12.9. The number of carbonyl (C=O) groups excluding carboxylic acids is 1. The molecular formula is C24H27N3O. The Morgan fingerprint density at radius 2 is 1.68 bits per heavy atom. The van der Waals surface area contributed by atoms with Crippen molar-refractivity contribution in [2.75, 3.05) is 13.1 Å². The summed E-state index contributed by atoms with van der Waals surface area (Å²) in [5.74, 6) is 0.706.